The molecule has 1 amide bonds. The van der Waals surface area contributed by atoms with Gasteiger partial charge in [-0.1, -0.05) is 0 Å². The third-order valence-electron chi connectivity index (χ3n) is 3.56. The topological polar surface area (TPSA) is 66.9 Å². The van der Waals surface area contributed by atoms with Crippen molar-refractivity contribution in [2.45, 2.75) is 6.18 Å². The first-order chi connectivity index (χ1) is 13.2. The summed E-state index contributed by atoms with van der Waals surface area (Å²) < 4.78 is 63.7. The molecule has 0 aliphatic carbocycles. The maximum Gasteiger partial charge on any atom is 0.416 e. The van der Waals surface area contributed by atoms with Gasteiger partial charge in [0.2, 0.25) is 0 Å². The summed E-state index contributed by atoms with van der Waals surface area (Å²) in [6.07, 6.45) is -4.47. The fourth-order valence-electron chi connectivity index (χ4n) is 2.18. The molecule has 2 aromatic carbocycles. The first-order valence-electron chi connectivity index (χ1n) is 7.77. The predicted molar refractivity (Wildman–Crippen MR) is 91.1 cm³/mol. The van der Waals surface area contributed by atoms with Crippen LogP contribution < -0.4 is 10.6 Å². The second-order valence-corrected chi connectivity index (χ2v) is 5.59. The van der Waals surface area contributed by atoms with Crippen LogP contribution in [0.25, 0.3) is 0 Å². The fourth-order valence-corrected chi connectivity index (χ4v) is 2.18. The van der Waals surface area contributed by atoms with Gasteiger partial charge in [0, 0.05) is 17.4 Å². The summed E-state index contributed by atoms with van der Waals surface area (Å²) in [5.41, 5.74) is -0.535. The first-order valence-corrected chi connectivity index (χ1v) is 7.77. The minimum atomic E-state index is -4.47. The summed E-state index contributed by atoms with van der Waals surface area (Å²) >= 11 is 0. The van der Waals surface area contributed by atoms with Crippen molar-refractivity contribution in [3.8, 4) is 0 Å². The van der Waals surface area contributed by atoms with Crippen molar-refractivity contribution in [3.05, 3.63) is 77.5 Å². The van der Waals surface area contributed by atoms with E-state index in [2.05, 4.69) is 20.8 Å². The van der Waals surface area contributed by atoms with Crippen molar-refractivity contribution < 1.29 is 26.7 Å². The molecule has 3 rings (SSSR count). The number of benzene rings is 2. The normalized spacial score (nSPS) is 11.2. The number of aromatic nitrogens is 2. The predicted octanol–water partition coefficient (Wildman–Crippen LogP) is 4.77. The standard InChI is InChI=1S/C18H11F5N4O/c19-13-6-5-12(9-14(13)20)24-16-8-7-15(26-27-16)17(28)25-11-3-1-10(2-4-11)18(21,22)23/h1-9H,(H,24,27)(H,25,28). The highest BCUT2D eigenvalue weighted by atomic mass is 19.4. The highest BCUT2D eigenvalue weighted by Crippen LogP contribution is 2.29. The van der Waals surface area contributed by atoms with Gasteiger partial charge in [-0.2, -0.15) is 13.2 Å². The largest absolute Gasteiger partial charge is 0.416 e. The SMILES string of the molecule is O=C(Nc1ccc(C(F)(F)F)cc1)c1ccc(Nc2ccc(F)c(F)c2)nn1. The van der Waals surface area contributed by atoms with Crippen molar-refractivity contribution in [1.82, 2.24) is 10.2 Å². The monoisotopic (exact) mass is 394 g/mol. The van der Waals surface area contributed by atoms with Gasteiger partial charge in [-0.3, -0.25) is 4.79 Å². The van der Waals surface area contributed by atoms with E-state index in [-0.39, 0.29) is 22.9 Å². The molecule has 0 unspecified atom stereocenters. The Bertz CT molecular complexity index is 988. The number of nitrogens with zero attached hydrogens (tertiary/aromatic N) is 2. The second kappa shape index (κ2) is 7.59. The Morgan fingerprint density at radius 3 is 2.07 bits per heavy atom. The zero-order chi connectivity index (χ0) is 20.3. The molecule has 144 valence electrons. The van der Waals surface area contributed by atoms with E-state index in [0.717, 1.165) is 36.4 Å². The van der Waals surface area contributed by atoms with Crippen LogP contribution in [0.3, 0.4) is 0 Å². The molecule has 10 heteroatoms. The Hall–Kier alpha value is -3.56. The molecule has 5 nitrogen and oxygen atoms in total. The minimum absolute atomic E-state index is 0.0873. The van der Waals surface area contributed by atoms with E-state index in [1.165, 1.54) is 18.2 Å². The van der Waals surface area contributed by atoms with Gasteiger partial charge in [0.1, 0.15) is 0 Å². The van der Waals surface area contributed by atoms with Gasteiger partial charge < -0.3 is 10.6 Å². The first kappa shape index (κ1) is 19.2. The average Bonchev–Trinajstić information content (AvgIpc) is 2.65. The highest BCUT2D eigenvalue weighted by Gasteiger charge is 2.30. The van der Waals surface area contributed by atoms with Crippen LogP contribution in [0.2, 0.25) is 0 Å². The summed E-state index contributed by atoms with van der Waals surface area (Å²) in [6.45, 7) is 0. The van der Waals surface area contributed by atoms with Gasteiger partial charge in [0.05, 0.1) is 5.56 Å². The van der Waals surface area contributed by atoms with Gasteiger partial charge in [-0.15, -0.1) is 10.2 Å². The number of carbonyl (C=O) groups is 1. The van der Waals surface area contributed by atoms with Crippen LogP contribution in [0, 0.1) is 11.6 Å². The van der Waals surface area contributed by atoms with Crippen LogP contribution in [0.15, 0.2) is 54.6 Å². The maximum atomic E-state index is 13.2. The van der Waals surface area contributed by atoms with Crippen molar-refractivity contribution in [3.63, 3.8) is 0 Å². The van der Waals surface area contributed by atoms with Crippen molar-refractivity contribution in [1.29, 1.82) is 0 Å². The number of hydrogen-bond acceptors (Lipinski definition) is 4. The third-order valence-corrected chi connectivity index (χ3v) is 3.56. The van der Waals surface area contributed by atoms with E-state index in [0.29, 0.717) is 0 Å². The molecule has 0 aliphatic rings. The summed E-state index contributed by atoms with van der Waals surface area (Å²) in [5, 5.41) is 12.5. The van der Waals surface area contributed by atoms with Gasteiger partial charge in [0.25, 0.3) is 5.91 Å². The van der Waals surface area contributed by atoms with Crippen LogP contribution in [-0.2, 0) is 6.18 Å². The molecular formula is C18H11F5N4O. The highest BCUT2D eigenvalue weighted by molar-refractivity contribution is 6.02. The van der Waals surface area contributed by atoms with Crippen LogP contribution in [0.5, 0.6) is 0 Å². The maximum absolute atomic E-state index is 13.2. The van der Waals surface area contributed by atoms with Crippen LogP contribution in [0.4, 0.5) is 39.1 Å². The molecular weight excluding hydrogens is 383 g/mol. The number of rotatable bonds is 4. The lowest BCUT2D eigenvalue weighted by Crippen LogP contribution is -2.15. The van der Waals surface area contributed by atoms with Gasteiger partial charge in [-0.05, 0) is 48.5 Å². The number of anilines is 3. The van der Waals surface area contributed by atoms with E-state index in [1.807, 2.05) is 0 Å². The molecule has 28 heavy (non-hydrogen) atoms. The summed E-state index contributed by atoms with van der Waals surface area (Å²) in [5.74, 6) is -2.53. The molecule has 1 heterocycles. The summed E-state index contributed by atoms with van der Waals surface area (Å²) in [6, 6.07) is 9.79. The lowest BCUT2D eigenvalue weighted by Gasteiger charge is -2.09. The summed E-state index contributed by atoms with van der Waals surface area (Å²) in [4.78, 5) is 12.1. The smallest absolute Gasteiger partial charge is 0.339 e. The van der Waals surface area contributed by atoms with Crippen LogP contribution in [-0.4, -0.2) is 16.1 Å². The molecule has 0 saturated carbocycles. The zero-order valence-electron chi connectivity index (χ0n) is 13.9. The van der Waals surface area contributed by atoms with Crippen molar-refractivity contribution in [2.24, 2.45) is 0 Å². The van der Waals surface area contributed by atoms with Crippen LogP contribution in [0.1, 0.15) is 16.1 Å². The van der Waals surface area contributed by atoms with Gasteiger partial charge >= 0.3 is 6.18 Å². The molecule has 0 bridgehead atoms. The van der Waals surface area contributed by atoms with E-state index in [1.54, 1.807) is 0 Å². The van der Waals surface area contributed by atoms with E-state index >= 15 is 0 Å². The molecule has 3 aromatic rings. The van der Waals surface area contributed by atoms with E-state index in [4.69, 9.17) is 0 Å². The van der Waals surface area contributed by atoms with Crippen molar-refractivity contribution in [2.75, 3.05) is 10.6 Å². The molecule has 0 atom stereocenters. The second-order valence-electron chi connectivity index (χ2n) is 5.59. The number of nitrogens with one attached hydrogen (secondary N) is 2. The molecule has 0 fully saturated rings. The quantitative estimate of drug-likeness (QED) is 0.626. The van der Waals surface area contributed by atoms with Crippen molar-refractivity contribution >= 4 is 23.1 Å². The molecule has 0 saturated heterocycles. The Morgan fingerprint density at radius 1 is 0.821 bits per heavy atom. The van der Waals surface area contributed by atoms with E-state index in [9.17, 15) is 26.7 Å². The lowest BCUT2D eigenvalue weighted by atomic mass is 10.2. The van der Waals surface area contributed by atoms with Crippen LogP contribution >= 0.6 is 0 Å². The minimum Gasteiger partial charge on any atom is -0.339 e. The number of alkyl halides is 3. The Morgan fingerprint density at radius 2 is 1.50 bits per heavy atom. The number of halogens is 5. The molecule has 0 spiro atoms. The average molecular weight is 394 g/mol. The lowest BCUT2D eigenvalue weighted by molar-refractivity contribution is -0.137. The molecule has 2 N–H and O–H groups in total. The van der Waals surface area contributed by atoms with Gasteiger partial charge in [-0.25, -0.2) is 8.78 Å². The molecule has 0 aliphatic heterocycles. The zero-order valence-corrected chi connectivity index (χ0v) is 13.9. The Balaban J connectivity index is 1.65. The van der Waals surface area contributed by atoms with Gasteiger partial charge in [0.15, 0.2) is 23.1 Å². The number of hydrogen-bond donors (Lipinski definition) is 2. The number of amides is 1. The summed E-state index contributed by atoms with van der Waals surface area (Å²) in [7, 11) is 0. The molecule has 1 aromatic heterocycles. The fraction of sp³-hybridized carbons (Fsp3) is 0.0556. The number of carbonyl (C=O) groups excluding carboxylic acids is 1. The Kier molecular flexibility index (Phi) is 5.21. The molecule has 0 radical (unpaired) electrons. The third kappa shape index (κ3) is 4.58. The Labute approximate surface area is 155 Å². The van der Waals surface area contributed by atoms with E-state index < -0.39 is 29.3 Å².